The molecule has 2 aliphatic heterocycles. The summed E-state index contributed by atoms with van der Waals surface area (Å²) in [5.41, 5.74) is 0.653. The van der Waals surface area contributed by atoms with Gasteiger partial charge in [0.15, 0.2) is 12.0 Å². The van der Waals surface area contributed by atoms with Gasteiger partial charge in [-0.15, -0.1) is 0 Å². The molecule has 3 heteroatoms. The smallest absolute Gasteiger partial charge is 0.166 e. The molecule has 1 saturated heterocycles. The molecule has 13 heavy (non-hydrogen) atoms. The average Bonchev–Trinajstić information content (AvgIpc) is 2.47. The van der Waals surface area contributed by atoms with Gasteiger partial charge in [-0.05, 0) is 18.9 Å². The molecule has 0 aromatic carbocycles. The van der Waals surface area contributed by atoms with Crippen LogP contribution < -0.4 is 0 Å². The topological polar surface area (TPSA) is 40.2 Å². The van der Waals surface area contributed by atoms with Crippen LogP contribution in [-0.2, 0) is 9.90 Å². The molecule has 1 atom stereocenters. The Morgan fingerprint density at radius 3 is 3.08 bits per heavy atom. The van der Waals surface area contributed by atoms with E-state index >= 15 is 0 Å². The first kappa shape index (κ1) is 8.35. The molecule has 0 bridgehead atoms. The van der Waals surface area contributed by atoms with Crippen LogP contribution in [-0.4, -0.2) is 23.3 Å². The van der Waals surface area contributed by atoms with Crippen LogP contribution in [0.1, 0.15) is 19.3 Å². The molecule has 1 radical (unpaired) electrons. The number of hydrogen-bond acceptors (Lipinski definition) is 2. The summed E-state index contributed by atoms with van der Waals surface area (Å²) in [7, 11) is 0. The molecule has 0 aromatic heterocycles. The highest BCUT2D eigenvalue weighted by molar-refractivity contribution is 5.87. The Morgan fingerprint density at radius 1 is 1.46 bits per heavy atom. The van der Waals surface area contributed by atoms with Gasteiger partial charge in [0.1, 0.15) is 6.04 Å². The van der Waals surface area contributed by atoms with Gasteiger partial charge < -0.3 is 4.90 Å². The molecule has 0 spiro atoms. The molecule has 1 unspecified atom stereocenters. The molecule has 0 aliphatic carbocycles. The summed E-state index contributed by atoms with van der Waals surface area (Å²) in [6.07, 6.45) is 7.01. The highest BCUT2D eigenvalue weighted by atomic mass is 16.2. The fraction of sp³-hybridized carbons (Fsp3) is 0.500. The molecule has 1 fully saturated rings. The van der Waals surface area contributed by atoms with Crippen LogP contribution >= 0.6 is 0 Å². The zero-order valence-corrected chi connectivity index (χ0v) is 7.40. The maximum absolute atomic E-state index is 11.5. The fourth-order valence-corrected chi connectivity index (χ4v) is 1.94. The number of Topliss-reactive ketones (excluding diaryl/α,β-unsaturated/α-hetero) is 1. The molecular formula is C10H12NO2. The van der Waals surface area contributed by atoms with Gasteiger partial charge in [-0.25, -0.2) is 0 Å². The zero-order valence-electron chi connectivity index (χ0n) is 7.40. The largest absolute Gasteiger partial charge is 0.355 e. The number of carbonyl (C=O) groups is 1. The van der Waals surface area contributed by atoms with Gasteiger partial charge in [0.05, 0.1) is 5.70 Å². The Kier molecular flexibility index (Phi) is 2.08. The molecule has 0 amide bonds. The third kappa shape index (κ3) is 1.34. The number of ketones is 1. The fourth-order valence-electron chi connectivity index (χ4n) is 1.94. The number of nitrogens with zero attached hydrogens (tertiary/aromatic N) is 1. The van der Waals surface area contributed by atoms with E-state index in [0.29, 0.717) is 12.1 Å². The van der Waals surface area contributed by atoms with Crippen LogP contribution in [0.25, 0.3) is 0 Å². The minimum Gasteiger partial charge on any atom is -0.355 e. The van der Waals surface area contributed by atoms with E-state index in [1.807, 2.05) is 11.0 Å². The molecule has 2 rings (SSSR count). The Bertz CT molecular complexity index is 281. The van der Waals surface area contributed by atoms with Crippen molar-refractivity contribution in [2.24, 2.45) is 0 Å². The number of fused-ring (bicyclic) bond motifs is 1. The maximum Gasteiger partial charge on any atom is 0.166 e. The lowest BCUT2D eigenvalue weighted by atomic mass is 10.1. The first-order valence-corrected chi connectivity index (χ1v) is 4.62. The van der Waals surface area contributed by atoms with Gasteiger partial charge in [0, 0.05) is 13.0 Å². The number of hydrogen-bond donors (Lipinski definition) is 0. The minimum atomic E-state index is -0.150. The van der Waals surface area contributed by atoms with Crippen molar-refractivity contribution in [3.8, 4) is 0 Å². The van der Waals surface area contributed by atoms with Gasteiger partial charge in [-0.2, -0.15) is 0 Å². The Hall–Kier alpha value is -1.25. The van der Waals surface area contributed by atoms with Crippen LogP contribution in [0, 0.1) is 0 Å². The summed E-state index contributed by atoms with van der Waals surface area (Å²) in [5, 5.41) is 10.6. The average molecular weight is 178 g/mol. The van der Waals surface area contributed by atoms with Crippen molar-refractivity contribution in [3.63, 3.8) is 0 Å². The van der Waals surface area contributed by atoms with Crippen molar-refractivity contribution >= 4 is 5.78 Å². The van der Waals surface area contributed by atoms with E-state index in [9.17, 15) is 9.90 Å². The van der Waals surface area contributed by atoms with E-state index in [0.717, 1.165) is 25.6 Å². The van der Waals surface area contributed by atoms with E-state index in [1.54, 1.807) is 6.08 Å². The van der Waals surface area contributed by atoms with Crippen molar-refractivity contribution in [1.82, 2.24) is 4.90 Å². The molecule has 2 heterocycles. The standard InChI is InChI=1S/C10H12NO2/c12-7-8-4-5-9-10(13)3-1-2-6-11(8)9/h4-5,7,9H,1-3,6H2. The van der Waals surface area contributed by atoms with E-state index in [4.69, 9.17) is 0 Å². The lowest BCUT2D eigenvalue weighted by molar-refractivity contribution is -0.121. The van der Waals surface area contributed by atoms with Crippen LogP contribution in [0.2, 0.25) is 0 Å². The number of allylic oxidation sites excluding steroid dienone is 1. The van der Waals surface area contributed by atoms with Gasteiger partial charge >= 0.3 is 0 Å². The molecule has 0 saturated carbocycles. The van der Waals surface area contributed by atoms with Crippen LogP contribution in [0.15, 0.2) is 24.1 Å². The van der Waals surface area contributed by atoms with Gasteiger partial charge in [-0.3, -0.25) is 9.90 Å². The number of carbonyl (C=O) groups excluding carboxylic acids is 1. The zero-order chi connectivity index (χ0) is 9.26. The van der Waals surface area contributed by atoms with Crippen molar-refractivity contribution in [3.05, 3.63) is 24.1 Å². The van der Waals surface area contributed by atoms with E-state index in [1.165, 1.54) is 0 Å². The van der Waals surface area contributed by atoms with Gasteiger partial charge in [0.25, 0.3) is 0 Å². The molecular weight excluding hydrogens is 166 g/mol. The highest BCUT2D eigenvalue weighted by Gasteiger charge is 2.30. The second-order valence-corrected chi connectivity index (χ2v) is 3.46. The first-order chi connectivity index (χ1) is 6.33. The molecule has 2 aliphatic rings. The summed E-state index contributed by atoms with van der Waals surface area (Å²) in [5.74, 6) is 0.241. The summed E-state index contributed by atoms with van der Waals surface area (Å²) in [4.78, 5) is 13.4. The summed E-state index contributed by atoms with van der Waals surface area (Å²) >= 11 is 0. The minimum absolute atomic E-state index is 0.150. The molecule has 3 nitrogen and oxygen atoms in total. The van der Waals surface area contributed by atoms with E-state index in [-0.39, 0.29) is 11.8 Å². The van der Waals surface area contributed by atoms with E-state index in [2.05, 4.69) is 0 Å². The molecule has 0 aromatic rings. The Balaban J connectivity index is 2.24. The van der Waals surface area contributed by atoms with Crippen LogP contribution in [0.5, 0.6) is 0 Å². The van der Waals surface area contributed by atoms with Gasteiger partial charge in [-0.1, -0.05) is 6.08 Å². The van der Waals surface area contributed by atoms with Crippen molar-refractivity contribution < 1.29 is 9.90 Å². The maximum atomic E-state index is 11.5. The lowest BCUT2D eigenvalue weighted by Gasteiger charge is -2.23. The Morgan fingerprint density at radius 2 is 2.31 bits per heavy atom. The SMILES string of the molecule is [O]C=C1C=CC2C(=O)CCCCN12. The second kappa shape index (κ2) is 3.24. The van der Waals surface area contributed by atoms with Crippen molar-refractivity contribution in [2.75, 3.05) is 6.54 Å². The second-order valence-electron chi connectivity index (χ2n) is 3.46. The summed E-state index contributed by atoms with van der Waals surface area (Å²) < 4.78 is 0. The Labute approximate surface area is 77.3 Å². The van der Waals surface area contributed by atoms with Crippen molar-refractivity contribution in [2.45, 2.75) is 25.3 Å². The third-order valence-electron chi connectivity index (χ3n) is 2.64. The highest BCUT2D eigenvalue weighted by Crippen LogP contribution is 2.25. The summed E-state index contributed by atoms with van der Waals surface area (Å²) in [6, 6.07) is -0.150. The molecule has 0 N–H and O–H groups in total. The normalized spacial score (nSPS) is 30.8. The number of rotatable bonds is 0. The summed E-state index contributed by atoms with van der Waals surface area (Å²) in [6.45, 7) is 0.831. The first-order valence-electron chi connectivity index (χ1n) is 4.62. The van der Waals surface area contributed by atoms with Gasteiger partial charge in [0.2, 0.25) is 0 Å². The van der Waals surface area contributed by atoms with Crippen LogP contribution in [0.4, 0.5) is 0 Å². The van der Waals surface area contributed by atoms with Crippen molar-refractivity contribution in [1.29, 1.82) is 0 Å². The monoisotopic (exact) mass is 178 g/mol. The quantitative estimate of drug-likeness (QED) is 0.524. The molecule has 69 valence electrons. The third-order valence-corrected chi connectivity index (χ3v) is 2.64. The van der Waals surface area contributed by atoms with E-state index < -0.39 is 0 Å². The predicted molar refractivity (Wildman–Crippen MR) is 47.3 cm³/mol. The van der Waals surface area contributed by atoms with Crippen LogP contribution in [0.3, 0.4) is 0 Å². The predicted octanol–water partition coefficient (Wildman–Crippen LogP) is 1.25. The lowest BCUT2D eigenvalue weighted by Crippen LogP contribution is -2.33.